The van der Waals surface area contributed by atoms with Crippen molar-refractivity contribution in [3.8, 4) is 0 Å². The zero-order chi connectivity index (χ0) is 6.53. The average molecular weight is 222 g/mol. The Bertz CT molecular complexity index is 151. The summed E-state index contributed by atoms with van der Waals surface area (Å²) >= 11 is 0. The van der Waals surface area contributed by atoms with Crippen molar-refractivity contribution in [2.45, 2.75) is 26.3 Å². The molecule has 3 nitrogen and oxygen atoms in total. The molecule has 0 saturated heterocycles. The van der Waals surface area contributed by atoms with Crippen LogP contribution in [0.1, 0.15) is 19.8 Å². The first kappa shape index (κ1) is 13.3. The minimum atomic E-state index is 0. The molecule has 1 aromatic rings. The summed E-state index contributed by atoms with van der Waals surface area (Å²) in [4.78, 5) is 3.94. The Morgan fingerprint density at radius 3 is 2.64 bits per heavy atom. The molecule has 11 heavy (non-hydrogen) atoms. The van der Waals surface area contributed by atoms with E-state index in [-0.39, 0.29) is 23.1 Å². The molecule has 1 aromatic heterocycles. The van der Waals surface area contributed by atoms with E-state index in [1.165, 1.54) is 12.8 Å². The molecule has 0 amide bonds. The lowest BCUT2D eigenvalue weighted by Crippen LogP contribution is -1.92. The number of nitrogens with zero attached hydrogens (tertiary/aromatic N) is 2. The number of unbranched alkanes of at least 4 members (excludes halogenated alkanes) is 1. The Kier molecular flexibility index (Phi) is 9.34. The maximum atomic E-state index is 3.94. The zero-order valence-corrected chi connectivity index (χ0v) is 8.58. The number of halogens is 1. The topological polar surface area (TPSA) is 52.8 Å². The van der Waals surface area contributed by atoms with Gasteiger partial charge < -0.3 is 10.7 Å². The number of imidazole rings is 1. The third kappa shape index (κ3) is 4.98. The van der Waals surface area contributed by atoms with Gasteiger partial charge in [-0.25, -0.2) is 4.98 Å². The quantitative estimate of drug-likeness (QED) is 0.853. The van der Waals surface area contributed by atoms with Gasteiger partial charge in [0.2, 0.25) is 0 Å². The van der Waals surface area contributed by atoms with Crippen molar-refractivity contribution in [1.82, 2.24) is 15.7 Å². The van der Waals surface area contributed by atoms with Crippen molar-refractivity contribution in [2.24, 2.45) is 0 Å². The van der Waals surface area contributed by atoms with Crippen molar-refractivity contribution < 1.29 is 0 Å². The Labute approximate surface area is 78.2 Å². The Morgan fingerprint density at radius 1 is 1.45 bits per heavy atom. The van der Waals surface area contributed by atoms with E-state index in [9.17, 15) is 0 Å². The first-order valence-electron chi connectivity index (χ1n) is 3.39. The molecule has 0 aliphatic carbocycles. The predicted molar refractivity (Wildman–Crippen MR) is 52.5 cm³/mol. The van der Waals surface area contributed by atoms with Gasteiger partial charge in [-0.05, 0) is 6.42 Å². The van der Waals surface area contributed by atoms with E-state index in [2.05, 4.69) is 16.5 Å². The summed E-state index contributed by atoms with van der Waals surface area (Å²) < 4.78 is 2.10. The second kappa shape index (κ2) is 7.75. The Hall–Kier alpha value is -0.350. The highest BCUT2D eigenvalue weighted by Gasteiger charge is 1.85. The van der Waals surface area contributed by atoms with Crippen molar-refractivity contribution in [3.05, 3.63) is 18.7 Å². The van der Waals surface area contributed by atoms with Crippen LogP contribution in [0.25, 0.3) is 0 Å². The van der Waals surface area contributed by atoms with Crippen molar-refractivity contribution in [3.63, 3.8) is 0 Å². The molecular weight excluding hydrogens is 206 g/mol. The van der Waals surface area contributed by atoms with E-state index in [1.807, 2.05) is 18.7 Å². The first-order valence-corrected chi connectivity index (χ1v) is 3.39. The van der Waals surface area contributed by atoms with Gasteiger partial charge in [-0.1, -0.05) is 13.3 Å². The lowest BCUT2D eigenvalue weighted by atomic mass is 10.3. The molecule has 0 atom stereocenters. The summed E-state index contributed by atoms with van der Waals surface area (Å²) in [6.07, 6.45) is 8.16. The number of hydrogen-bond acceptors (Lipinski definition) is 2. The highest BCUT2D eigenvalue weighted by atomic mass is 79.9. The molecule has 3 N–H and O–H groups in total. The molecule has 4 heteroatoms. The normalized spacial score (nSPS) is 8.09. The smallest absolute Gasteiger partial charge is 0.0945 e. The van der Waals surface area contributed by atoms with Crippen LogP contribution in [0.15, 0.2) is 18.7 Å². The van der Waals surface area contributed by atoms with E-state index in [0.717, 1.165) is 6.54 Å². The van der Waals surface area contributed by atoms with Gasteiger partial charge in [0.05, 0.1) is 6.33 Å². The molecule has 0 aliphatic rings. The maximum absolute atomic E-state index is 3.94. The summed E-state index contributed by atoms with van der Waals surface area (Å²) in [6, 6.07) is 0. The van der Waals surface area contributed by atoms with Crippen LogP contribution in [0, 0.1) is 0 Å². The predicted octanol–water partition coefficient (Wildman–Crippen LogP) is 2.42. The summed E-state index contributed by atoms with van der Waals surface area (Å²) in [5, 5.41) is 0. The van der Waals surface area contributed by atoms with Gasteiger partial charge in [0, 0.05) is 18.9 Å². The molecule has 0 spiro atoms. The summed E-state index contributed by atoms with van der Waals surface area (Å²) in [5.74, 6) is 0. The zero-order valence-electron chi connectivity index (χ0n) is 6.86. The van der Waals surface area contributed by atoms with Crippen LogP contribution in [0.4, 0.5) is 0 Å². The van der Waals surface area contributed by atoms with Crippen LogP contribution in [-0.2, 0) is 6.54 Å². The molecule has 0 radical (unpaired) electrons. The van der Waals surface area contributed by atoms with Crippen LogP contribution in [0.3, 0.4) is 0 Å². The van der Waals surface area contributed by atoms with Crippen LogP contribution < -0.4 is 6.15 Å². The van der Waals surface area contributed by atoms with Gasteiger partial charge in [0.25, 0.3) is 0 Å². The minimum Gasteiger partial charge on any atom is -0.344 e. The van der Waals surface area contributed by atoms with Gasteiger partial charge in [0.1, 0.15) is 0 Å². The summed E-state index contributed by atoms with van der Waals surface area (Å²) in [5.41, 5.74) is 0. The van der Waals surface area contributed by atoms with Crippen LogP contribution in [0.5, 0.6) is 0 Å². The summed E-state index contributed by atoms with van der Waals surface area (Å²) in [6.45, 7) is 3.30. The van der Waals surface area contributed by atoms with Gasteiger partial charge in [0.15, 0.2) is 0 Å². The molecule has 0 saturated carbocycles. The van der Waals surface area contributed by atoms with Crippen LogP contribution in [0.2, 0.25) is 0 Å². The number of aryl methyl sites for hydroxylation is 1. The standard InChI is InChI=1S/C7H12N2.BrH.H3N/c1-2-3-5-9-6-4-8-7-9;;/h4,6-7H,2-3,5H2,1H3;1H;1H3. The molecule has 0 fully saturated rings. The minimum absolute atomic E-state index is 0. The largest absolute Gasteiger partial charge is 0.344 e. The highest BCUT2D eigenvalue weighted by molar-refractivity contribution is 8.93. The van der Waals surface area contributed by atoms with E-state index >= 15 is 0 Å². The van der Waals surface area contributed by atoms with Gasteiger partial charge in [-0.3, -0.25) is 0 Å². The second-order valence-electron chi connectivity index (χ2n) is 2.15. The van der Waals surface area contributed by atoms with Gasteiger partial charge >= 0.3 is 0 Å². The summed E-state index contributed by atoms with van der Waals surface area (Å²) in [7, 11) is 0. The fourth-order valence-corrected chi connectivity index (χ4v) is 0.760. The third-order valence-corrected chi connectivity index (χ3v) is 1.33. The number of hydrogen-bond donors (Lipinski definition) is 1. The monoisotopic (exact) mass is 221 g/mol. The molecular formula is C7H16BrN3. The van der Waals surface area contributed by atoms with E-state index in [4.69, 9.17) is 0 Å². The molecule has 0 unspecified atom stereocenters. The van der Waals surface area contributed by atoms with Crippen molar-refractivity contribution in [2.75, 3.05) is 0 Å². The van der Waals surface area contributed by atoms with E-state index < -0.39 is 0 Å². The highest BCUT2D eigenvalue weighted by Crippen LogP contribution is 1.92. The lowest BCUT2D eigenvalue weighted by Gasteiger charge is -1.96. The molecule has 66 valence electrons. The van der Waals surface area contributed by atoms with Gasteiger partial charge in [-0.15, -0.1) is 17.0 Å². The van der Waals surface area contributed by atoms with Crippen LogP contribution in [-0.4, -0.2) is 9.55 Å². The number of aromatic nitrogens is 2. The molecule has 0 aromatic carbocycles. The SMILES string of the molecule is Br.CCCCn1ccnc1.N. The molecule has 0 aliphatic heterocycles. The molecule has 1 heterocycles. The van der Waals surface area contributed by atoms with E-state index in [0.29, 0.717) is 0 Å². The average Bonchev–Trinajstić information content (AvgIpc) is 2.34. The fourth-order valence-electron chi connectivity index (χ4n) is 0.760. The molecule has 1 rings (SSSR count). The van der Waals surface area contributed by atoms with Crippen molar-refractivity contribution >= 4 is 17.0 Å². The Morgan fingerprint density at radius 2 is 2.18 bits per heavy atom. The fraction of sp³-hybridized carbons (Fsp3) is 0.571. The van der Waals surface area contributed by atoms with Crippen molar-refractivity contribution in [1.29, 1.82) is 0 Å². The maximum Gasteiger partial charge on any atom is 0.0945 e. The Balaban J connectivity index is 0. The van der Waals surface area contributed by atoms with Crippen LogP contribution >= 0.6 is 17.0 Å². The first-order chi connectivity index (χ1) is 4.43. The second-order valence-corrected chi connectivity index (χ2v) is 2.15. The lowest BCUT2D eigenvalue weighted by molar-refractivity contribution is 0.631. The third-order valence-electron chi connectivity index (χ3n) is 1.33. The van der Waals surface area contributed by atoms with Gasteiger partial charge in [-0.2, -0.15) is 0 Å². The van der Waals surface area contributed by atoms with E-state index in [1.54, 1.807) is 0 Å². The number of rotatable bonds is 3. The molecule has 0 bridgehead atoms.